The molecule has 0 bridgehead atoms. The molecule has 1 unspecified atom stereocenters. The highest BCUT2D eigenvalue weighted by Gasteiger charge is 2.63. The van der Waals surface area contributed by atoms with Gasteiger partial charge in [-0.1, -0.05) is 6.42 Å². The zero-order valence-electron chi connectivity index (χ0n) is 8.66. The minimum absolute atomic E-state index is 0.221. The standard InChI is InChI=1S/C10H17F3N2/c11-10(12,13)9(4-5-9)15-7-8-3-1-2-6-14-8/h8,14-15H,1-7H2. The molecule has 0 aromatic rings. The molecule has 2 aliphatic rings. The zero-order valence-corrected chi connectivity index (χ0v) is 8.66. The lowest BCUT2D eigenvalue weighted by molar-refractivity contribution is -0.166. The van der Waals surface area contributed by atoms with Crippen molar-refractivity contribution in [2.75, 3.05) is 13.1 Å². The maximum Gasteiger partial charge on any atom is 0.406 e. The molecule has 1 heterocycles. The van der Waals surface area contributed by atoms with Crippen LogP contribution in [0.15, 0.2) is 0 Å². The number of rotatable bonds is 3. The second-order valence-corrected chi connectivity index (χ2v) is 4.61. The van der Waals surface area contributed by atoms with E-state index in [4.69, 9.17) is 0 Å². The minimum Gasteiger partial charge on any atom is -0.313 e. The van der Waals surface area contributed by atoms with E-state index >= 15 is 0 Å². The third-order valence-corrected chi connectivity index (χ3v) is 3.39. The van der Waals surface area contributed by atoms with Gasteiger partial charge in [-0.2, -0.15) is 13.2 Å². The van der Waals surface area contributed by atoms with E-state index in [0.29, 0.717) is 6.54 Å². The summed E-state index contributed by atoms with van der Waals surface area (Å²) < 4.78 is 37.7. The molecule has 0 aromatic heterocycles. The number of hydrogen-bond donors (Lipinski definition) is 2. The average Bonchev–Trinajstić information content (AvgIpc) is 2.96. The molecule has 1 atom stereocenters. The fourth-order valence-electron chi connectivity index (χ4n) is 2.10. The topological polar surface area (TPSA) is 24.1 Å². The van der Waals surface area contributed by atoms with Crippen LogP contribution in [0.1, 0.15) is 32.1 Å². The Kier molecular flexibility index (Phi) is 2.94. The van der Waals surface area contributed by atoms with E-state index in [0.717, 1.165) is 25.8 Å². The van der Waals surface area contributed by atoms with Crippen molar-refractivity contribution in [1.82, 2.24) is 10.6 Å². The second-order valence-electron chi connectivity index (χ2n) is 4.61. The van der Waals surface area contributed by atoms with Gasteiger partial charge in [0, 0.05) is 12.6 Å². The Labute approximate surface area is 87.6 Å². The lowest BCUT2D eigenvalue weighted by atomic mass is 10.0. The van der Waals surface area contributed by atoms with Gasteiger partial charge >= 0.3 is 6.18 Å². The van der Waals surface area contributed by atoms with Gasteiger partial charge in [0.2, 0.25) is 0 Å². The number of nitrogens with one attached hydrogen (secondary N) is 2. The summed E-state index contributed by atoms with van der Waals surface area (Å²) in [6.45, 7) is 1.38. The smallest absolute Gasteiger partial charge is 0.313 e. The lowest BCUT2D eigenvalue weighted by Gasteiger charge is -2.27. The molecule has 0 radical (unpaired) electrons. The highest BCUT2D eigenvalue weighted by atomic mass is 19.4. The van der Waals surface area contributed by atoms with Crippen molar-refractivity contribution in [3.8, 4) is 0 Å². The molecule has 15 heavy (non-hydrogen) atoms. The predicted molar refractivity (Wildman–Crippen MR) is 51.7 cm³/mol. The summed E-state index contributed by atoms with van der Waals surface area (Å²) >= 11 is 0. The Morgan fingerprint density at radius 2 is 2.00 bits per heavy atom. The van der Waals surface area contributed by atoms with Gasteiger partial charge in [-0.05, 0) is 32.2 Å². The predicted octanol–water partition coefficient (Wildman–Crippen LogP) is 1.81. The number of halogens is 3. The number of piperidine rings is 1. The van der Waals surface area contributed by atoms with Crippen LogP contribution in [0.25, 0.3) is 0 Å². The molecule has 2 fully saturated rings. The zero-order chi connectivity index (χ0) is 10.9. The summed E-state index contributed by atoms with van der Waals surface area (Å²) in [6.07, 6.45) is -0.353. The van der Waals surface area contributed by atoms with Crippen LogP contribution < -0.4 is 10.6 Å². The van der Waals surface area contributed by atoms with Gasteiger partial charge in [0.05, 0.1) is 0 Å². The minimum atomic E-state index is -4.08. The van der Waals surface area contributed by atoms with Crippen LogP contribution in [-0.2, 0) is 0 Å². The van der Waals surface area contributed by atoms with Crippen molar-refractivity contribution >= 4 is 0 Å². The largest absolute Gasteiger partial charge is 0.406 e. The molecule has 1 saturated heterocycles. The van der Waals surface area contributed by atoms with Crippen LogP contribution in [0.3, 0.4) is 0 Å². The second kappa shape index (κ2) is 3.94. The van der Waals surface area contributed by atoms with Gasteiger partial charge in [0.15, 0.2) is 0 Å². The van der Waals surface area contributed by atoms with Crippen LogP contribution >= 0.6 is 0 Å². The van der Waals surface area contributed by atoms with E-state index < -0.39 is 11.7 Å². The Bertz CT molecular complexity index is 217. The van der Waals surface area contributed by atoms with Crippen LogP contribution in [-0.4, -0.2) is 30.8 Å². The van der Waals surface area contributed by atoms with Gasteiger partial charge in [0.1, 0.15) is 5.54 Å². The molecule has 2 N–H and O–H groups in total. The van der Waals surface area contributed by atoms with Crippen LogP contribution in [0.2, 0.25) is 0 Å². The van der Waals surface area contributed by atoms with Gasteiger partial charge in [0.25, 0.3) is 0 Å². The van der Waals surface area contributed by atoms with Crippen molar-refractivity contribution in [3.63, 3.8) is 0 Å². The molecule has 2 nitrogen and oxygen atoms in total. The van der Waals surface area contributed by atoms with Crippen molar-refractivity contribution < 1.29 is 13.2 Å². The van der Waals surface area contributed by atoms with E-state index in [1.807, 2.05) is 0 Å². The fourth-order valence-corrected chi connectivity index (χ4v) is 2.10. The molecule has 2 rings (SSSR count). The summed E-state index contributed by atoms with van der Waals surface area (Å²) in [5.74, 6) is 0. The highest BCUT2D eigenvalue weighted by Crippen LogP contribution is 2.48. The summed E-state index contributed by atoms with van der Waals surface area (Å²) in [6, 6.07) is 0.221. The van der Waals surface area contributed by atoms with Gasteiger partial charge in [-0.15, -0.1) is 0 Å². The Balaban J connectivity index is 1.77. The van der Waals surface area contributed by atoms with Crippen LogP contribution in [0.4, 0.5) is 13.2 Å². The Morgan fingerprint density at radius 3 is 2.47 bits per heavy atom. The SMILES string of the molecule is FC(F)(F)C1(NCC2CCCCN2)CC1. The van der Waals surface area contributed by atoms with Crippen molar-refractivity contribution in [2.45, 2.75) is 49.9 Å². The average molecular weight is 222 g/mol. The molecule has 0 spiro atoms. The molecular formula is C10H17F3N2. The van der Waals surface area contributed by atoms with E-state index in [1.54, 1.807) is 0 Å². The van der Waals surface area contributed by atoms with Crippen molar-refractivity contribution in [1.29, 1.82) is 0 Å². The van der Waals surface area contributed by atoms with Gasteiger partial charge in [-0.25, -0.2) is 0 Å². The molecule has 5 heteroatoms. The normalized spacial score (nSPS) is 30.2. The molecule has 0 amide bonds. The molecule has 1 aliphatic heterocycles. The van der Waals surface area contributed by atoms with E-state index in [2.05, 4.69) is 10.6 Å². The van der Waals surface area contributed by atoms with Gasteiger partial charge in [-0.3, -0.25) is 0 Å². The quantitative estimate of drug-likeness (QED) is 0.761. The van der Waals surface area contributed by atoms with Gasteiger partial charge < -0.3 is 10.6 Å². The number of alkyl halides is 3. The summed E-state index contributed by atoms with van der Waals surface area (Å²) in [5, 5.41) is 5.93. The first-order valence-corrected chi connectivity index (χ1v) is 5.59. The third-order valence-electron chi connectivity index (χ3n) is 3.39. The molecule has 0 aromatic carbocycles. The van der Waals surface area contributed by atoms with E-state index in [1.165, 1.54) is 0 Å². The lowest BCUT2D eigenvalue weighted by Crippen LogP contribution is -2.51. The summed E-state index contributed by atoms with van der Waals surface area (Å²) in [5.41, 5.74) is -1.55. The molecule has 1 saturated carbocycles. The summed E-state index contributed by atoms with van der Waals surface area (Å²) in [7, 11) is 0. The fraction of sp³-hybridized carbons (Fsp3) is 1.00. The first-order chi connectivity index (χ1) is 7.04. The summed E-state index contributed by atoms with van der Waals surface area (Å²) in [4.78, 5) is 0. The molecular weight excluding hydrogens is 205 g/mol. The molecule has 1 aliphatic carbocycles. The van der Waals surface area contributed by atoms with Crippen LogP contribution in [0.5, 0.6) is 0 Å². The molecule has 88 valence electrons. The highest BCUT2D eigenvalue weighted by molar-refractivity contribution is 5.08. The Hall–Kier alpha value is -0.290. The van der Waals surface area contributed by atoms with Crippen LogP contribution in [0, 0.1) is 0 Å². The van der Waals surface area contributed by atoms with Crippen molar-refractivity contribution in [2.24, 2.45) is 0 Å². The Morgan fingerprint density at radius 1 is 1.27 bits per heavy atom. The first-order valence-electron chi connectivity index (χ1n) is 5.59. The first kappa shape index (κ1) is 11.2. The maximum atomic E-state index is 12.6. The third kappa shape index (κ3) is 2.45. The maximum absolute atomic E-state index is 12.6. The number of hydrogen-bond acceptors (Lipinski definition) is 2. The van der Waals surface area contributed by atoms with E-state index in [-0.39, 0.29) is 18.9 Å². The monoisotopic (exact) mass is 222 g/mol. The van der Waals surface area contributed by atoms with E-state index in [9.17, 15) is 13.2 Å². The van der Waals surface area contributed by atoms with Crippen molar-refractivity contribution in [3.05, 3.63) is 0 Å².